The van der Waals surface area contributed by atoms with Gasteiger partial charge >= 0.3 is 6.03 Å². The van der Waals surface area contributed by atoms with Crippen LogP contribution in [0.15, 0.2) is 66.2 Å². The Kier molecular flexibility index (Phi) is 6.93. The molecular formula is C25H17Cl3N2O4. The van der Waals surface area contributed by atoms with Crippen molar-refractivity contribution in [1.29, 1.82) is 0 Å². The zero-order valence-corrected chi connectivity index (χ0v) is 20.0. The molecule has 34 heavy (non-hydrogen) atoms. The van der Waals surface area contributed by atoms with E-state index in [1.165, 1.54) is 6.08 Å². The highest BCUT2D eigenvalue weighted by atomic mass is 35.5. The number of nitrogens with zero attached hydrogens (tertiary/aromatic N) is 1. The van der Waals surface area contributed by atoms with E-state index in [0.29, 0.717) is 32.6 Å². The number of amides is 4. The van der Waals surface area contributed by atoms with Crippen molar-refractivity contribution in [1.82, 2.24) is 5.32 Å². The van der Waals surface area contributed by atoms with Gasteiger partial charge in [0.15, 0.2) is 0 Å². The van der Waals surface area contributed by atoms with Gasteiger partial charge in [-0.2, -0.15) is 0 Å². The maximum atomic E-state index is 13.1. The SMILES string of the molecule is Cc1ccccc1N1C(=O)NC(=O)/C(=C\c2ccc(OCc3ccc(Cl)cc3Cl)c(Cl)c2)C1=O. The molecule has 0 aromatic heterocycles. The van der Waals surface area contributed by atoms with Gasteiger partial charge in [-0.25, -0.2) is 9.69 Å². The lowest BCUT2D eigenvalue weighted by Crippen LogP contribution is -2.54. The number of barbiturate groups is 1. The number of ether oxygens (including phenoxy) is 1. The fourth-order valence-electron chi connectivity index (χ4n) is 3.38. The normalized spacial score (nSPS) is 15.0. The minimum absolute atomic E-state index is 0.171. The van der Waals surface area contributed by atoms with Crippen LogP contribution >= 0.6 is 34.8 Å². The highest BCUT2D eigenvalue weighted by Gasteiger charge is 2.37. The summed E-state index contributed by atoms with van der Waals surface area (Å²) in [7, 11) is 0. The second-order valence-electron chi connectivity index (χ2n) is 7.46. The number of benzene rings is 3. The van der Waals surface area contributed by atoms with E-state index in [1.54, 1.807) is 67.6 Å². The van der Waals surface area contributed by atoms with Crippen LogP contribution in [0.25, 0.3) is 6.08 Å². The van der Waals surface area contributed by atoms with Gasteiger partial charge in [-0.05, 0) is 54.5 Å². The lowest BCUT2D eigenvalue weighted by molar-refractivity contribution is -0.122. The number of anilines is 1. The van der Waals surface area contributed by atoms with Gasteiger partial charge in [0.2, 0.25) is 0 Å². The van der Waals surface area contributed by atoms with Gasteiger partial charge in [-0.15, -0.1) is 0 Å². The molecule has 3 aromatic carbocycles. The monoisotopic (exact) mass is 514 g/mol. The lowest BCUT2D eigenvalue weighted by Gasteiger charge is -2.27. The Morgan fingerprint density at radius 3 is 2.41 bits per heavy atom. The second kappa shape index (κ2) is 9.89. The van der Waals surface area contributed by atoms with E-state index >= 15 is 0 Å². The van der Waals surface area contributed by atoms with Crippen LogP contribution in [0.2, 0.25) is 15.1 Å². The average Bonchev–Trinajstić information content (AvgIpc) is 2.78. The summed E-state index contributed by atoms with van der Waals surface area (Å²) in [6.07, 6.45) is 1.38. The first-order valence-electron chi connectivity index (χ1n) is 10.1. The molecule has 1 aliphatic heterocycles. The van der Waals surface area contributed by atoms with Gasteiger partial charge in [0.1, 0.15) is 17.9 Å². The summed E-state index contributed by atoms with van der Waals surface area (Å²) >= 11 is 18.4. The van der Waals surface area contributed by atoms with Crippen LogP contribution in [0.5, 0.6) is 5.75 Å². The number of rotatable bonds is 5. The van der Waals surface area contributed by atoms with Crippen molar-refractivity contribution in [3.05, 3.63) is 98.0 Å². The van der Waals surface area contributed by atoms with Crippen molar-refractivity contribution in [3.63, 3.8) is 0 Å². The maximum Gasteiger partial charge on any atom is 0.335 e. The van der Waals surface area contributed by atoms with Gasteiger partial charge < -0.3 is 4.74 Å². The molecule has 0 radical (unpaired) electrons. The highest BCUT2D eigenvalue weighted by molar-refractivity contribution is 6.39. The van der Waals surface area contributed by atoms with Crippen LogP contribution in [-0.4, -0.2) is 17.8 Å². The van der Waals surface area contributed by atoms with Gasteiger partial charge in [0.05, 0.1) is 10.7 Å². The maximum absolute atomic E-state index is 13.1. The minimum atomic E-state index is -0.802. The summed E-state index contributed by atoms with van der Waals surface area (Å²) in [5.74, 6) is -1.11. The van der Waals surface area contributed by atoms with Crippen LogP contribution in [0, 0.1) is 6.92 Å². The molecule has 1 fully saturated rings. The molecule has 6 nitrogen and oxygen atoms in total. The largest absolute Gasteiger partial charge is 0.487 e. The van der Waals surface area contributed by atoms with Crippen LogP contribution in [-0.2, 0) is 16.2 Å². The third-order valence-electron chi connectivity index (χ3n) is 5.12. The number of carbonyl (C=O) groups is 3. The Hall–Kier alpha value is -3.32. The number of aryl methyl sites for hydroxylation is 1. The number of hydrogen-bond acceptors (Lipinski definition) is 4. The Labute approximate surface area is 210 Å². The molecule has 0 bridgehead atoms. The summed E-state index contributed by atoms with van der Waals surface area (Å²) in [5.41, 5.74) is 2.13. The lowest BCUT2D eigenvalue weighted by atomic mass is 10.1. The number of hydrogen-bond donors (Lipinski definition) is 1. The van der Waals surface area contributed by atoms with Gasteiger partial charge in [0.25, 0.3) is 11.8 Å². The smallest absolute Gasteiger partial charge is 0.335 e. The molecule has 1 aliphatic rings. The quantitative estimate of drug-likeness (QED) is 0.324. The van der Waals surface area contributed by atoms with E-state index in [2.05, 4.69) is 5.32 Å². The standard InChI is InChI=1S/C25H17Cl3N2O4/c1-14-4-2-3-5-21(14)30-24(32)18(23(31)29-25(30)33)10-15-6-9-22(20(28)11-15)34-13-16-7-8-17(26)12-19(16)27/h2-12H,13H2,1H3,(H,29,31,33)/b18-10+. The number of carbonyl (C=O) groups excluding carboxylic acids is 3. The first-order valence-corrected chi connectivity index (χ1v) is 11.2. The molecule has 0 aliphatic carbocycles. The Morgan fingerprint density at radius 2 is 1.71 bits per heavy atom. The van der Waals surface area contributed by atoms with Crippen LogP contribution in [0.4, 0.5) is 10.5 Å². The molecule has 0 unspecified atom stereocenters. The zero-order chi connectivity index (χ0) is 24.4. The van der Waals surface area contributed by atoms with Crippen LogP contribution in [0.3, 0.4) is 0 Å². The molecule has 1 heterocycles. The van der Waals surface area contributed by atoms with E-state index in [1.807, 2.05) is 0 Å². The van der Waals surface area contributed by atoms with E-state index in [-0.39, 0.29) is 17.2 Å². The molecule has 4 amide bonds. The topological polar surface area (TPSA) is 75.7 Å². The minimum Gasteiger partial charge on any atom is -0.487 e. The van der Waals surface area contributed by atoms with E-state index in [0.717, 1.165) is 10.5 Å². The molecule has 0 saturated carbocycles. The molecule has 3 aromatic rings. The molecule has 9 heteroatoms. The molecule has 0 atom stereocenters. The van der Waals surface area contributed by atoms with Gasteiger partial charge in [-0.1, -0.05) is 65.1 Å². The van der Waals surface area contributed by atoms with E-state index in [4.69, 9.17) is 39.5 Å². The van der Waals surface area contributed by atoms with Gasteiger partial charge in [-0.3, -0.25) is 14.9 Å². The Bertz CT molecular complexity index is 1350. The fourth-order valence-corrected chi connectivity index (χ4v) is 4.08. The predicted octanol–water partition coefficient (Wildman–Crippen LogP) is 6.20. The summed E-state index contributed by atoms with van der Waals surface area (Å²) in [4.78, 5) is 38.8. The van der Waals surface area contributed by atoms with Crippen molar-refractivity contribution in [3.8, 4) is 5.75 Å². The predicted molar refractivity (Wildman–Crippen MR) is 132 cm³/mol. The Morgan fingerprint density at radius 1 is 0.941 bits per heavy atom. The molecule has 4 rings (SSSR count). The van der Waals surface area contributed by atoms with Crippen molar-refractivity contribution < 1.29 is 19.1 Å². The van der Waals surface area contributed by atoms with Crippen molar-refractivity contribution in [2.24, 2.45) is 0 Å². The van der Waals surface area contributed by atoms with Crippen molar-refractivity contribution >= 4 is 64.4 Å². The second-order valence-corrected chi connectivity index (χ2v) is 8.71. The van der Waals surface area contributed by atoms with E-state index in [9.17, 15) is 14.4 Å². The molecular weight excluding hydrogens is 499 g/mol. The molecule has 0 spiro atoms. The fraction of sp³-hybridized carbons (Fsp3) is 0.0800. The van der Waals surface area contributed by atoms with Crippen molar-refractivity contribution in [2.75, 3.05) is 4.90 Å². The molecule has 172 valence electrons. The first kappa shape index (κ1) is 23.8. The molecule has 1 saturated heterocycles. The number of imide groups is 2. The third kappa shape index (κ3) is 4.94. The third-order valence-corrected chi connectivity index (χ3v) is 6.01. The number of halogens is 3. The van der Waals surface area contributed by atoms with Crippen LogP contribution in [0.1, 0.15) is 16.7 Å². The number of nitrogens with one attached hydrogen (secondary N) is 1. The summed E-state index contributed by atoms with van der Waals surface area (Å²) in [6, 6.07) is 16.0. The highest BCUT2D eigenvalue weighted by Crippen LogP contribution is 2.30. The average molecular weight is 516 g/mol. The summed E-state index contributed by atoms with van der Waals surface area (Å²) < 4.78 is 5.75. The summed E-state index contributed by atoms with van der Waals surface area (Å²) in [6.45, 7) is 1.94. The van der Waals surface area contributed by atoms with Gasteiger partial charge in [0, 0.05) is 15.6 Å². The Balaban J connectivity index is 1.57. The number of para-hydroxylation sites is 1. The van der Waals surface area contributed by atoms with Crippen molar-refractivity contribution in [2.45, 2.75) is 13.5 Å². The van der Waals surface area contributed by atoms with E-state index < -0.39 is 17.8 Å². The summed E-state index contributed by atoms with van der Waals surface area (Å²) in [5, 5.41) is 3.48. The molecule has 1 N–H and O–H groups in total. The zero-order valence-electron chi connectivity index (χ0n) is 17.8. The van der Waals surface area contributed by atoms with Crippen LogP contribution < -0.4 is 15.0 Å². The first-order chi connectivity index (χ1) is 16.2. The number of urea groups is 1.